The molecule has 0 saturated heterocycles. The third-order valence-electron chi connectivity index (χ3n) is 3.87. The zero-order valence-electron chi connectivity index (χ0n) is 15.0. The molecule has 4 N–H and O–H groups in total. The normalized spacial score (nSPS) is 11.7. The smallest absolute Gasteiger partial charge is 0.337 e. The number of rotatable bonds is 6. The third-order valence-corrected chi connectivity index (χ3v) is 4.47. The van der Waals surface area contributed by atoms with Crippen molar-refractivity contribution in [3.63, 3.8) is 0 Å². The maximum Gasteiger partial charge on any atom is 0.351 e. The number of benzene rings is 1. The van der Waals surface area contributed by atoms with Gasteiger partial charge in [-0.2, -0.15) is 0 Å². The summed E-state index contributed by atoms with van der Waals surface area (Å²) in [6.45, 7) is 4.17. The van der Waals surface area contributed by atoms with Crippen molar-refractivity contribution in [2.75, 3.05) is 28.2 Å². The second-order valence-corrected chi connectivity index (χ2v) is 8.07. The lowest BCUT2D eigenvalue weighted by molar-refractivity contribution is -0.348. The number of imidazole rings is 1. The van der Waals surface area contributed by atoms with Crippen molar-refractivity contribution in [3.05, 3.63) is 30.6 Å². The minimum atomic E-state index is -3.34. The fraction of sp³-hybridized carbons (Fsp3) is 0.312. The lowest BCUT2D eigenvalue weighted by Gasteiger charge is -2.19. The van der Waals surface area contributed by atoms with Gasteiger partial charge in [-0.1, -0.05) is 11.1 Å². The first kappa shape index (κ1) is 17.9. The predicted octanol–water partition coefficient (Wildman–Crippen LogP) is 1.73. The second-order valence-electron chi connectivity index (χ2n) is 6.32. The van der Waals surface area contributed by atoms with Gasteiger partial charge >= 0.3 is 5.95 Å². The number of aromatic nitrogens is 4. The van der Waals surface area contributed by atoms with Crippen LogP contribution in [0.15, 0.2) is 30.6 Å². The first-order valence-electron chi connectivity index (χ1n) is 8.07. The van der Waals surface area contributed by atoms with Crippen molar-refractivity contribution in [1.29, 1.82) is 0 Å². The van der Waals surface area contributed by atoms with Crippen LogP contribution in [-0.4, -0.2) is 42.7 Å². The van der Waals surface area contributed by atoms with Crippen molar-refractivity contribution in [1.82, 2.24) is 15.0 Å². The molecule has 2 aromatic heterocycles. The first-order valence-corrected chi connectivity index (χ1v) is 9.96. The molecule has 0 fully saturated rings. The number of sulfonamides is 1. The summed E-state index contributed by atoms with van der Waals surface area (Å²) in [6.07, 6.45) is 2.71. The zero-order chi connectivity index (χ0) is 18.9. The number of H-pyrrole nitrogens is 2. The molecule has 0 saturated carbocycles. The summed E-state index contributed by atoms with van der Waals surface area (Å²) in [6, 6.07) is 7.22. The number of anilines is 4. The van der Waals surface area contributed by atoms with Crippen LogP contribution < -0.4 is 19.9 Å². The molecule has 10 heteroatoms. The largest absolute Gasteiger partial charge is 0.351 e. The van der Waals surface area contributed by atoms with Gasteiger partial charge < -0.3 is 9.88 Å². The maximum absolute atomic E-state index is 11.4. The molecular formula is C16H22N7O2S+. The van der Waals surface area contributed by atoms with Crippen molar-refractivity contribution < 1.29 is 13.4 Å². The van der Waals surface area contributed by atoms with Gasteiger partial charge in [-0.25, -0.2) is 18.4 Å². The zero-order valence-corrected chi connectivity index (χ0v) is 15.8. The van der Waals surface area contributed by atoms with E-state index in [1.165, 1.54) is 0 Å². The van der Waals surface area contributed by atoms with E-state index in [2.05, 4.69) is 48.7 Å². The van der Waals surface area contributed by atoms with E-state index in [1.807, 2.05) is 13.1 Å². The van der Waals surface area contributed by atoms with E-state index in [4.69, 9.17) is 0 Å². The minimum absolute atomic E-state index is 0.273. The maximum atomic E-state index is 11.4. The molecule has 1 aromatic carbocycles. The lowest BCUT2D eigenvalue weighted by Crippen LogP contribution is -2.32. The number of fused-ring (bicyclic) bond motifs is 1. The van der Waals surface area contributed by atoms with E-state index >= 15 is 0 Å². The highest BCUT2D eigenvalue weighted by Crippen LogP contribution is 2.22. The monoisotopic (exact) mass is 376 g/mol. The van der Waals surface area contributed by atoms with Gasteiger partial charge in [-0.05, 0) is 32.0 Å². The van der Waals surface area contributed by atoms with Crippen LogP contribution in [0.2, 0.25) is 0 Å². The Bertz CT molecular complexity index is 1030. The van der Waals surface area contributed by atoms with Crippen LogP contribution in [0, 0.1) is 0 Å². The number of aromatic amines is 2. The molecule has 0 aliphatic heterocycles. The fourth-order valence-electron chi connectivity index (χ4n) is 2.45. The summed E-state index contributed by atoms with van der Waals surface area (Å²) in [5.74, 6) is 1.36. The van der Waals surface area contributed by atoms with Crippen molar-refractivity contribution in [2.45, 2.75) is 19.9 Å². The molecule has 0 amide bonds. The van der Waals surface area contributed by atoms with E-state index in [9.17, 15) is 8.42 Å². The Morgan fingerprint density at radius 3 is 2.69 bits per heavy atom. The van der Waals surface area contributed by atoms with Crippen LogP contribution in [-0.2, 0) is 10.0 Å². The predicted molar refractivity (Wildman–Crippen MR) is 102 cm³/mol. The lowest BCUT2D eigenvalue weighted by atomic mass is 10.3. The van der Waals surface area contributed by atoms with Gasteiger partial charge in [-0.3, -0.25) is 10.0 Å². The number of hydrogen-bond donors (Lipinski definition) is 3. The molecule has 0 spiro atoms. The highest BCUT2D eigenvalue weighted by atomic mass is 32.2. The SMILES string of the molecule is CC(C)N(C)c1[nH+]c(Nc2cccc(NS(C)(=O)=O)c2)nc2nc[nH]c12. The van der Waals surface area contributed by atoms with Crippen LogP contribution >= 0.6 is 0 Å². The molecule has 9 nitrogen and oxygen atoms in total. The highest BCUT2D eigenvalue weighted by molar-refractivity contribution is 7.92. The van der Waals surface area contributed by atoms with E-state index in [0.29, 0.717) is 23.0 Å². The van der Waals surface area contributed by atoms with Crippen LogP contribution in [0.25, 0.3) is 11.2 Å². The molecule has 0 radical (unpaired) electrons. The molecule has 0 unspecified atom stereocenters. The summed E-state index contributed by atoms with van der Waals surface area (Å²) in [5.41, 5.74) is 2.56. The molecule has 26 heavy (non-hydrogen) atoms. The molecule has 2 heterocycles. The first-order chi connectivity index (χ1) is 12.2. The van der Waals surface area contributed by atoms with E-state index < -0.39 is 10.0 Å². The number of hydrogen-bond acceptors (Lipinski definition) is 6. The molecule has 138 valence electrons. The van der Waals surface area contributed by atoms with Gasteiger partial charge in [-0.15, -0.1) is 0 Å². The van der Waals surface area contributed by atoms with E-state index in [1.54, 1.807) is 24.5 Å². The number of nitrogens with one attached hydrogen (secondary N) is 4. The van der Waals surface area contributed by atoms with Gasteiger partial charge in [0.15, 0.2) is 5.52 Å². The van der Waals surface area contributed by atoms with Crippen molar-refractivity contribution in [3.8, 4) is 0 Å². The summed E-state index contributed by atoms with van der Waals surface area (Å²) in [5, 5.41) is 3.16. The molecule has 0 aliphatic carbocycles. The Hall–Kier alpha value is -2.88. The highest BCUT2D eigenvalue weighted by Gasteiger charge is 2.20. The Balaban J connectivity index is 1.95. The average Bonchev–Trinajstić information content (AvgIpc) is 3.00. The summed E-state index contributed by atoms with van der Waals surface area (Å²) >= 11 is 0. The van der Waals surface area contributed by atoms with Crippen LogP contribution in [0.1, 0.15) is 13.8 Å². The molecule has 0 bridgehead atoms. The minimum Gasteiger partial charge on any atom is -0.337 e. The quantitative estimate of drug-likeness (QED) is 0.603. The molecular weight excluding hydrogens is 354 g/mol. The van der Waals surface area contributed by atoms with Gasteiger partial charge in [0.2, 0.25) is 21.5 Å². The summed E-state index contributed by atoms with van der Waals surface area (Å²) < 4.78 is 25.3. The second kappa shape index (κ2) is 6.79. The van der Waals surface area contributed by atoms with E-state index in [-0.39, 0.29) is 6.04 Å². The third kappa shape index (κ3) is 4.02. The summed E-state index contributed by atoms with van der Waals surface area (Å²) in [7, 11) is -1.35. The van der Waals surface area contributed by atoms with Crippen molar-refractivity contribution in [2.24, 2.45) is 0 Å². The Labute approximate surface area is 151 Å². The Morgan fingerprint density at radius 2 is 2.00 bits per heavy atom. The van der Waals surface area contributed by atoms with Crippen LogP contribution in [0.4, 0.5) is 23.1 Å². The van der Waals surface area contributed by atoms with Crippen LogP contribution in [0.5, 0.6) is 0 Å². The molecule has 0 atom stereocenters. The molecule has 3 aromatic rings. The molecule has 3 rings (SSSR count). The fourth-order valence-corrected chi connectivity index (χ4v) is 3.00. The Morgan fingerprint density at radius 1 is 1.27 bits per heavy atom. The average molecular weight is 376 g/mol. The Kier molecular flexibility index (Phi) is 4.68. The van der Waals surface area contributed by atoms with Gasteiger partial charge in [0.25, 0.3) is 0 Å². The topological polar surface area (TPSA) is 117 Å². The van der Waals surface area contributed by atoms with Gasteiger partial charge in [0.05, 0.1) is 30.0 Å². The van der Waals surface area contributed by atoms with Crippen molar-refractivity contribution >= 4 is 44.3 Å². The molecule has 0 aliphatic rings. The van der Waals surface area contributed by atoms with E-state index in [0.717, 1.165) is 17.6 Å². The standard InChI is InChI=1S/C16H21N7O2S/c1-10(2)23(3)15-13-14(18-9-17-13)20-16(21-15)19-11-6-5-7-12(8-11)22-26(4,24)25/h5-10,22H,1-4H3,(H2,17,18,19,20,21)/p+1. The van der Waals surface area contributed by atoms with Gasteiger partial charge in [0, 0.05) is 7.05 Å². The van der Waals surface area contributed by atoms with Crippen LogP contribution in [0.3, 0.4) is 0 Å². The van der Waals surface area contributed by atoms with Gasteiger partial charge in [0.1, 0.15) is 0 Å². The summed E-state index contributed by atoms with van der Waals surface area (Å²) in [4.78, 5) is 17.1. The number of nitrogens with zero attached hydrogens (tertiary/aromatic N) is 3.